The standard InChI is InChI=1S/C12H10ClN3O2S/c13-10-2-1-9(5-8(10)6-14)15-11(17)7-16-3-4-19-12(16)18/h1-2,5H,3-4,7H2,(H,15,17). The molecule has 0 bridgehead atoms. The fourth-order valence-corrected chi connectivity index (χ4v) is 2.62. The summed E-state index contributed by atoms with van der Waals surface area (Å²) in [5.74, 6) is 0.424. The van der Waals surface area contributed by atoms with Crippen LogP contribution >= 0.6 is 23.4 Å². The normalized spacial score (nSPS) is 14.3. The molecule has 2 amide bonds. The maximum absolute atomic E-state index is 11.8. The molecule has 1 N–H and O–H groups in total. The molecular weight excluding hydrogens is 286 g/mol. The van der Waals surface area contributed by atoms with Crippen molar-refractivity contribution in [2.24, 2.45) is 0 Å². The van der Waals surface area contributed by atoms with Crippen LogP contribution in [0.2, 0.25) is 5.02 Å². The molecule has 1 aromatic rings. The summed E-state index contributed by atoms with van der Waals surface area (Å²) >= 11 is 7.01. The summed E-state index contributed by atoms with van der Waals surface area (Å²) < 4.78 is 0. The number of halogens is 1. The van der Waals surface area contributed by atoms with Crippen molar-refractivity contribution in [3.8, 4) is 6.07 Å². The Hall–Kier alpha value is -1.71. The van der Waals surface area contributed by atoms with Crippen molar-refractivity contribution in [3.05, 3.63) is 28.8 Å². The van der Waals surface area contributed by atoms with Gasteiger partial charge in [-0.1, -0.05) is 23.4 Å². The molecule has 0 saturated carbocycles. The maximum atomic E-state index is 11.8. The van der Waals surface area contributed by atoms with Crippen molar-refractivity contribution in [3.63, 3.8) is 0 Å². The van der Waals surface area contributed by atoms with E-state index < -0.39 is 0 Å². The van der Waals surface area contributed by atoms with Gasteiger partial charge in [-0.25, -0.2) is 0 Å². The summed E-state index contributed by atoms with van der Waals surface area (Å²) in [5, 5.41) is 11.7. The third-order valence-corrected chi connectivity index (χ3v) is 3.77. The van der Waals surface area contributed by atoms with Crippen LogP contribution < -0.4 is 5.32 Å². The smallest absolute Gasteiger partial charge is 0.282 e. The SMILES string of the molecule is N#Cc1cc(NC(=O)CN2CCSC2=O)ccc1Cl. The predicted octanol–water partition coefficient (Wildman–Crippen LogP) is 2.32. The lowest BCUT2D eigenvalue weighted by Crippen LogP contribution is -2.33. The van der Waals surface area contributed by atoms with Crippen molar-refractivity contribution in [2.75, 3.05) is 24.2 Å². The quantitative estimate of drug-likeness (QED) is 0.929. The molecule has 1 aliphatic heterocycles. The van der Waals surface area contributed by atoms with Gasteiger partial charge in [0.2, 0.25) is 5.91 Å². The first-order valence-electron chi connectivity index (χ1n) is 5.51. The van der Waals surface area contributed by atoms with Crippen molar-refractivity contribution < 1.29 is 9.59 Å². The van der Waals surface area contributed by atoms with Crippen LogP contribution in [0.1, 0.15) is 5.56 Å². The van der Waals surface area contributed by atoms with Crippen LogP contribution in [0, 0.1) is 11.3 Å². The zero-order chi connectivity index (χ0) is 13.8. The highest BCUT2D eigenvalue weighted by Crippen LogP contribution is 2.20. The van der Waals surface area contributed by atoms with Gasteiger partial charge in [0, 0.05) is 18.0 Å². The van der Waals surface area contributed by atoms with Crippen molar-refractivity contribution in [1.82, 2.24) is 4.90 Å². The Bertz CT molecular complexity index is 571. The van der Waals surface area contributed by atoms with Gasteiger partial charge in [0.25, 0.3) is 5.24 Å². The van der Waals surface area contributed by atoms with Crippen LogP contribution in [-0.2, 0) is 4.79 Å². The van der Waals surface area contributed by atoms with Gasteiger partial charge in [-0.15, -0.1) is 0 Å². The van der Waals surface area contributed by atoms with E-state index in [1.54, 1.807) is 12.1 Å². The number of hydrogen-bond acceptors (Lipinski definition) is 4. The van der Waals surface area contributed by atoms with Gasteiger partial charge in [0.05, 0.1) is 10.6 Å². The minimum absolute atomic E-state index is 0.0242. The van der Waals surface area contributed by atoms with Crippen molar-refractivity contribution in [1.29, 1.82) is 5.26 Å². The Labute approximate surface area is 119 Å². The number of thioether (sulfide) groups is 1. The summed E-state index contributed by atoms with van der Waals surface area (Å²) in [6, 6.07) is 6.60. The van der Waals surface area contributed by atoms with Crippen molar-refractivity contribution >= 4 is 40.2 Å². The summed E-state index contributed by atoms with van der Waals surface area (Å²) in [4.78, 5) is 24.6. The van der Waals surface area contributed by atoms with E-state index in [0.717, 1.165) is 0 Å². The first kappa shape index (κ1) is 13.7. The molecule has 1 aliphatic rings. The largest absolute Gasteiger partial charge is 0.325 e. The van der Waals surface area contributed by atoms with E-state index in [0.29, 0.717) is 28.6 Å². The highest BCUT2D eigenvalue weighted by atomic mass is 35.5. The lowest BCUT2D eigenvalue weighted by atomic mass is 10.2. The van der Waals surface area contributed by atoms with Gasteiger partial charge < -0.3 is 10.2 Å². The average Bonchev–Trinajstić information content (AvgIpc) is 2.77. The van der Waals surface area contributed by atoms with E-state index in [9.17, 15) is 9.59 Å². The van der Waals surface area contributed by atoms with Crippen LogP contribution in [0.3, 0.4) is 0 Å². The van der Waals surface area contributed by atoms with Gasteiger partial charge in [0.15, 0.2) is 0 Å². The molecule has 19 heavy (non-hydrogen) atoms. The molecule has 0 radical (unpaired) electrons. The Morgan fingerprint density at radius 3 is 3.00 bits per heavy atom. The molecule has 1 saturated heterocycles. The van der Waals surface area contributed by atoms with E-state index in [1.165, 1.54) is 22.7 Å². The molecule has 7 heteroatoms. The first-order chi connectivity index (χ1) is 9.10. The molecule has 5 nitrogen and oxygen atoms in total. The second kappa shape index (κ2) is 5.95. The van der Waals surface area contributed by atoms with E-state index in [1.807, 2.05) is 6.07 Å². The minimum atomic E-state index is -0.290. The molecular formula is C12H10ClN3O2S. The fraction of sp³-hybridized carbons (Fsp3) is 0.250. The molecule has 0 aliphatic carbocycles. The number of rotatable bonds is 3. The third kappa shape index (κ3) is 3.40. The van der Waals surface area contributed by atoms with Gasteiger partial charge in [-0.2, -0.15) is 5.26 Å². The van der Waals surface area contributed by atoms with Gasteiger partial charge in [-0.3, -0.25) is 9.59 Å². The Morgan fingerprint density at radius 1 is 1.58 bits per heavy atom. The predicted molar refractivity (Wildman–Crippen MR) is 74.2 cm³/mol. The zero-order valence-corrected chi connectivity index (χ0v) is 11.4. The summed E-state index contributed by atoms with van der Waals surface area (Å²) in [6.45, 7) is 0.608. The number of anilines is 1. The number of nitrogens with zero attached hydrogens (tertiary/aromatic N) is 2. The third-order valence-electron chi connectivity index (χ3n) is 2.55. The number of nitrogens with one attached hydrogen (secondary N) is 1. The van der Waals surface area contributed by atoms with E-state index >= 15 is 0 Å². The topological polar surface area (TPSA) is 73.2 Å². The highest BCUT2D eigenvalue weighted by molar-refractivity contribution is 8.13. The molecule has 1 aromatic carbocycles. The second-order valence-electron chi connectivity index (χ2n) is 3.89. The molecule has 0 atom stereocenters. The van der Waals surface area contributed by atoms with E-state index in [2.05, 4.69) is 5.32 Å². The summed E-state index contributed by atoms with van der Waals surface area (Å²) in [5.41, 5.74) is 0.789. The maximum Gasteiger partial charge on any atom is 0.282 e. The Morgan fingerprint density at radius 2 is 2.37 bits per heavy atom. The molecule has 98 valence electrons. The van der Waals surface area contributed by atoms with Crippen LogP contribution in [-0.4, -0.2) is 34.9 Å². The van der Waals surface area contributed by atoms with Gasteiger partial charge in [0.1, 0.15) is 12.6 Å². The number of carbonyl (C=O) groups is 2. The van der Waals surface area contributed by atoms with Crippen LogP contribution in [0.5, 0.6) is 0 Å². The first-order valence-corrected chi connectivity index (χ1v) is 6.87. The lowest BCUT2D eigenvalue weighted by Gasteiger charge is -2.14. The monoisotopic (exact) mass is 295 g/mol. The average molecular weight is 296 g/mol. The lowest BCUT2D eigenvalue weighted by molar-refractivity contribution is -0.116. The second-order valence-corrected chi connectivity index (χ2v) is 5.34. The molecule has 0 aromatic heterocycles. The fourth-order valence-electron chi connectivity index (χ4n) is 1.63. The summed E-state index contributed by atoms with van der Waals surface area (Å²) in [7, 11) is 0. The van der Waals surface area contributed by atoms with E-state index in [-0.39, 0.29) is 17.7 Å². The number of benzene rings is 1. The number of amides is 2. The molecule has 1 fully saturated rings. The Balaban J connectivity index is 1.99. The van der Waals surface area contributed by atoms with Crippen LogP contribution in [0.4, 0.5) is 10.5 Å². The van der Waals surface area contributed by atoms with Crippen molar-refractivity contribution in [2.45, 2.75) is 0 Å². The number of hydrogen-bond donors (Lipinski definition) is 1. The van der Waals surface area contributed by atoms with Gasteiger partial charge in [-0.05, 0) is 18.2 Å². The molecule has 1 heterocycles. The van der Waals surface area contributed by atoms with Crippen LogP contribution in [0.25, 0.3) is 0 Å². The van der Waals surface area contributed by atoms with Crippen LogP contribution in [0.15, 0.2) is 18.2 Å². The number of carbonyl (C=O) groups excluding carboxylic acids is 2. The van der Waals surface area contributed by atoms with E-state index in [4.69, 9.17) is 16.9 Å². The Kier molecular flexibility index (Phi) is 4.30. The molecule has 0 unspecified atom stereocenters. The van der Waals surface area contributed by atoms with Gasteiger partial charge >= 0.3 is 0 Å². The minimum Gasteiger partial charge on any atom is -0.325 e. The summed E-state index contributed by atoms with van der Waals surface area (Å²) in [6.07, 6.45) is 0. The number of nitriles is 1. The molecule has 2 rings (SSSR count). The molecule has 0 spiro atoms. The zero-order valence-electron chi connectivity index (χ0n) is 9.85. The highest BCUT2D eigenvalue weighted by Gasteiger charge is 2.23.